The Balaban J connectivity index is 2.19. The van der Waals surface area contributed by atoms with Crippen LogP contribution in [0, 0.1) is 5.82 Å². The number of halogens is 1. The molecule has 2 nitrogen and oxygen atoms in total. The van der Waals surface area contributed by atoms with Gasteiger partial charge < -0.3 is 10.1 Å². The Morgan fingerprint density at radius 3 is 2.53 bits per heavy atom. The van der Waals surface area contributed by atoms with Gasteiger partial charge in [-0.15, -0.1) is 0 Å². The second-order valence-corrected chi connectivity index (χ2v) is 4.37. The van der Waals surface area contributed by atoms with E-state index in [4.69, 9.17) is 4.74 Å². The van der Waals surface area contributed by atoms with Crippen LogP contribution in [-0.2, 0) is 0 Å². The van der Waals surface area contributed by atoms with E-state index in [1.807, 2.05) is 18.2 Å². The van der Waals surface area contributed by atoms with Gasteiger partial charge in [-0.2, -0.15) is 0 Å². The molecule has 2 rings (SSSR count). The highest BCUT2D eigenvalue weighted by Gasteiger charge is 2.10. The van der Waals surface area contributed by atoms with Crippen LogP contribution in [0.25, 0.3) is 0 Å². The summed E-state index contributed by atoms with van der Waals surface area (Å²) in [4.78, 5) is 0. The van der Waals surface area contributed by atoms with Crippen molar-refractivity contribution >= 4 is 5.69 Å². The lowest BCUT2D eigenvalue weighted by Gasteiger charge is -2.19. The quantitative estimate of drug-likeness (QED) is 0.859. The molecule has 2 aromatic carbocycles. The smallest absolute Gasteiger partial charge is 0.165 e. The Kier molecular flexibility index (Phi) is 4.39. The summed E-state index contributed by atoms with van der Waals surface area (Å²) in [6.07, 6.45) is 0.948. The number of hydrogen-bond acceptors (Lipinski definition) is 2. The zero-order valence-electron chi connectivity index (χ0n) is 11.2. The molecule has 0 saturated carbocycles. The summed E-state index contributed by atoms with van der Waals surface area (Å²) in [6.45, 7) is 2.12. The molecule has 0 saturated heterocycles. The van der Waals surface area contributed by atoms with E-state index in [1.54, 1.807) is 12.1 Å². The lowest BCUT2D eigenvalue weighted by atomic mass is 10.0. The van der Waals surface area contributed by atoms with Crippen molar-refractivity contribution in [3.8, 4) is 5.75 Å². The molecule has 1 unspecified atom stereocenters. The Hall–Kier alpha value is -2.03. The summed E-state index contributed by atoms with van der Waals surface area (Å²) >= 11 is 0. The summed E-state index contributed by atoms with van der Waals surface area (Å²) in [5.74, 6) is -0.0891. The van der Waals surface area contributed by atoms with Gasteiger partial charge in [0.2, 0.25) is 0 Å². The Labute approximate surface area is 113 Å². The minimum Gasteiger partial charge on any atom is -0.494 e. The third-order valence-electron chi connectivity index (χ3n) is 3.10. The third kappa shape index (κ3) is 3.25. The molecule has 0 radical (unpaired) electrons. The monoisotopic (exact) mass is 259 g/mol. The average molecular weight is 259 g/mol. The van der Waals surface area contributed by atoms with Crippen LogP contribution in [0.15, 0.2) is 48.5 Å². The Bertz CT molecular complexity index is 528. The first-order chi connectivity index (χ1) is 9.24. The number of methoxy groups -OCH3 is 1. The van der Waals surface area contributed by atoms with Gasteiger partial charge in [0.15, 0.2) is 11.6 Å². The maximum absolute atomic E-state index is 13.4. The van der Waals surface area contributed by atoms with Gasteiger partial charge in [0, 0.05) is 11.8 Å². The molecule has 0 amide bonds. The van der Waals surface area contributed by atoms with E-state index >= 15 is 0 Å². The highest BCUT2D eigenvalue weighted by atomic mass is 19.1. The molecule has 0 aliphatic carbocycles. The second-order valence-electron chi connectivity index (χ2n) is 4.37. The van der Waals surface area contributed by atoms with Gasteiger partial charge in [0.05, 0.1) is 13.2 Å². The fourth-order valence-corrected chi connectivity index (χ4v) is 2.06. The molecule has 1 atom stereocenters. The van der Waals surface area contributed by atoms with Crippen molar-refractivity contribution in [2.24, 2.45) is 0 Å². The molecule has 0 aromatic heterocycles. The molecule has 3 heteroatoms. The zero-order chi connectivity index (χ0) is 13.7. The molecule has 0 bridgehead atoms. The highest BCUT2D eigenvalue weighted by molar-refractivity contribution is 5.50. The molecule has 19 heavy (non-hydrogen) atoms. The number of ether oxygens (including phenoxy) is 1. The van der Waals surface area contributed by atoms with E-state index in [1.165, 1.54) is 18.7 Å². The summed E-state index contributed by atoms with van der Waals surface area (Å²) in [5, 5.41) is 3.40. The standard InChI is InChI=1S/C16H18FNO/c1-3-15(12-7-5-4-6-8-12)18-13-9-10-14(17)16(11-13)19-2/h4-11,15,18H,3H2,1-2H3. The van der Waals surface area contributed by atoms with Crippen molar-refractivity contribution in [1.82, 2.24) is 0 Å². The molecule has 0 aliphatic rings. The number of hydrogen-bond donors (Lipinski definition) is 1. The molecule has 0 spiro atoms. The van der Waals surface area contributed by atoms with Gasteiger partial charge in [-0.1, -0.05) is 37.3 Å². The van der Waals surface area contributed by atoms with Crippen LogP contribution in [0.3, 0.4) is 0 Å². The van der Waals surface area contributed by atoms with Gasteiger partial charge >= 0.3 is 0 Å². The Morgan fingerprint density at radius 1 is 1.16 bits per heavy atom. The number of rotatable bonds is 5. The first-order valence-corrected chi connectivity index (χ1v) is 6.39. The minimum atomic E-state index is -0.346. The predicted molar refractivity (Wildman–Crippen MR) is 76.0 cm³/mol. The van der Waals surface area contributed by atoms with Crippen molar-refractivity contribution in [3.05, 3.63) is 59.9 Å². The van der Waals surface area contributed by atoms with Gasteiger partial charge in [-0.25, -0.2) is 4.39 Å². The zero-order valence-corrected chi connectivity index (χ0v) is 11.2. The molecule has 100 valence electrons. The first kappa shape index (κ1) is 13.4. The van der Waals surface area contributed by atoms with Crippen LogP contribution in [0.1, 0.15) is 24.9 Å². The van der Waals surface area contributed by atoms with Crippen LogP contribution < -0.4 is 10.1 Å². The summed E-state index contributed by atoms with van der Waals surface area (Å²) in [6, 6.07) is 15.2. The summed E-state index contributed by atoms with van der Waals surface area (Å²) < 4.78 is 18.4. The van der Waals surface area contributed by atoms with Crippen molar-refractivity contribution < 1.29 is 9.13 Å². The SMILES string of the molecule is CCC(Nc1ccc(F)c(OC)c1)c1ccccc1. The Morgan fingerprint density at radius 2 is 1.89 bits per heavy atom. The van der Waals surface area contributed by atoms with Crippen LogP contribution in [0.4, 0.5) is 10.1 Å². The van der Waals surface area contributed by atoms with Crippen LogP contribution in [0.5, 0.6) is 5.75 Å². The van der Waals surface area contributed by atoms with Crippen LogP contribution >= 0.6 is 0 Å². The number of nitrogens with one attached hydrogen (secondary N) is 1. The molecular formula is C16H18FNO. The topological polar surface area (TPSA) is 21.3 Å². The largest absolute Gasteiger partial charge is 0.494 e. The van der Waals surface area contributed by atoms with Gasteiger partial charge in [0.25, 0.3) is 0 Å². The van der Waals surface area contributed by atoms with E-state index in [0.717, 1.165) is 12.1 Å². The van der Waals surface area contributed by atoms with E-state index in [9.17, 15) is 4.39 Å². The lowest BCUT2D eigenvalue weighted by molar-refractivity contribution is 0.386. The van der Waals surface area contributed by atoms with E-state index in [-0.39, 0.29) is 17.6 Å². The molecule has 0 heterocycles. The van der Waals surface area contributed by atoms with E-state index in [2.05, 4.69) is 24.4 Å². The maximum atomic E-state index is 13.4. The number of anilines is 1. The number of benzene rings is 2. The van der Waals surface area contributed by atoms with E-state index in [0.29, 0.717) is 0 Å². The van der Waals surface area contributed by atoms with Crippen molar-refractivity contribution in [2.75, 3.05) is 12.4 Å². The van der Waals surface area contributed by atoms with Gasteiger partial charge in [0.1, 0.15) is 0 Å². The lowest BCUT2D eigenvalue weighted by Crippen LogP contribution is -2.09. The molecule has 2 aromatic rings. The maximum Gasteiger partial charge on any atom is 0.165 e. The van der Waals surface area contributed by atoms with Gasteiger partial charge in [-0.3, -0.25) is 0 Å². The highest BCUT2D eigenvalue weighted by Crippen LogP contribution is 2.26. The third-order valence-corrected chi connectivity index (χ3v) is 3.10. The fraction of sp³-hybridized carbons (Fsp3) is 0.250. The van der Waals surface area contributed by atoms with Crippen molar-refractivity contribution in [1.29, 1.82) is 0 Å². The summed E-state index contributed by atoms with van der Waals surface area (Å²) in [7, 11) is 1.47. The van der Waals surface area contributed by atoms with Crippen LogP contribution in [-0.4, -0.2) is 7.11 Å². The first-order valence-electron chi connectivity index (χ1n) is 6.39. The molecule has 1 N–H and O–H groups in total. The molecule has 0 aliphatic heterocycles. The minimum absolute atomic E-state index is 0.205. The van der Waals surface area contributed by atoms with Crippen molar-refractivity contribution in [3.63, 3.8) is 0 Å². The average Bonchev–Trinajstić information content (AvgIpc) is 2.47. The normalized spacial score (nSPS) is 11.9. The molecule has 0 fully saturated rings. The molecular weight excluding hydrogens is 241 g/mol. The van der Waals surface area contributed by atoms with E-state index < -0.39 is 0 Å². The predicted octanol–water partition coefficient (Wildman–Crippen LogP) is 4.40. The van der Waals surface area contributed by atoms with Gasteiger partial charge in [-0.05, 0) is 24.1 Å². The van der Waals surface area contributed by atoms with Crippen molar-refractivity contribution in [2.45, 2.75) is 19.4 Å². The van der Waals surface area contributed by atoms with Crippen LogP contribution in [0.2, 0.25) is 0 Å². The fourth-order valence-electron chi connectivity index (χ4n) is 2.06. The second kappa shape index (κ2) is 6.23. The summed E-state index contributed by atoms with van der Waals surface area (Å²) in [5.41, 5.74) is 2.07.